The Bertz CT molecular complexity index is 764. The Kier molecular flexibility index (Phi) is 4.29. The molecule has 2 heterocycles. The van der Waals surface area contributed by atoms with Crippen LogP contribution in [0.3, 0.4) is 0 Å². The number of hydrogen-bond acceptors (Lipinski definition) is 3. The van der Waals surface area contributed by atoms with Gasteiger partial charge in [0.15, 0.2) is 11.6 Å². The summed E-state index contributed by atoms with van der Waals surface area (Å²) in [6.45, 7) is 10.7. The van der Waals surface area contributed by atoms with Crippen LogP contribution in [0, 0.1) is 52.3 Å². The Morgan fingerprint density at radius 2 is 1.87 bits per heavy atom. The van der Waals surface area contributed by atoms with Gasteiger partial charge in [0, 0.05) is 18.8 Å². The van der Waals surface area contributed by atoms with Crippen molar-refractivity contribution in [2.45, 2.75) is 91.0 Å². The highest BCUT2D eigenvalue weighted by molar-refractivity contribution is 5.91. The van der Waals surface area contributed by atoms with Crippen molar-refractivity contribution in [2.24, 2.45) is 52.3 Å². The van der Waals surface area contributed by atoms with Gasteiger partial charge >= 0.3 is 0 Å². The van der Waals surface area contributed by atoms with Gasteiger partial charge in [0.05, 0.1) is 12.7 Å². The summed E-state index contributed by atoms with van der Waals surface area (Å²) in [5.74, 6) is 4.74. The highest BCUT2D eigenvalue weighted by Crippen LogP contribution is 2.70. The molecule has 2 saturated heterocycles. The van der Waals surface area contributed by atoms with E-state index in [-0.39, 0.29) is 11.2 Å². The van der Waals surface area contributed by atoms with Gasteiger partial charge in [-0.05, 0) is 90.9 Å². The van der Waals surface area contributed by atoms with E-state index in [1.807, 2.05) is 6.08 Å². The average Bonchev–Trinajstić information content (AvgIpc) is 3.16. The Morgan fingerprint density at radius 3 is 2.63 bits per heavy atom. The SMILES string of the molecule is C[C@H]1CC[C@@]2(OC1)O[C@H]1C[C@H]3[C@@H]4CC[C@H]5CC(=O)C=C[C@]5(C)[C@H]4CC[C@]3(C)[C@H]1[C@@H]2C. The second-order valence-electron chi connectivity index (χ2n) is 12.5. The molecule has 0 aromatic rings. The van der Waals surface area contributed by atoms with Crippen molar-refractivity contribution in [3.05, 3.63) is 12.2 Å². The van der Waals surface area contributed by atoms with Crippen molar-refractivity contribution < 1.29 is 14.3 Å². The zero-order valence-electron chi connectivity index (χ0n) is 19.4. The average molecular weight is 413 g/mol. The third-order valence-electron chi connectivity index (χ3n) is 11.3. The lowest BCUT2D eigenvalue weighted by Crippen LogP contribution is -2.53. The van der Waals surface area contributed by atoms with Gasteiger partial charge in [-0.1, -0.05) is 33.8 Å². The summed E-state index contributed by atoms with van der Waals surface area (Å²) < 4.78 is 13.3. The number of fused-ring (bicyclic) bond motifs is 7. The van der Waals surface area contributed by atoms with E-state index in [2.05, 4.69) is 33.8 Å². The maximum atomic E-state index is 12.1. The first-order valence-corrected chi connectivity index (χ1v) is 12.8. The molecular weight excluding hydrogens is 372 g/mol. The quantitative estimate of drug-likeness (QED) is 0.506. The topological polar surface area (TPSA) is 35.5 Å². The van der Waals surface area contributed by atoms with E-state index in [1.165, 1.54) is 38.5 Å². The molecule has 3 nitrogen and oxygen atoms in total. The van der Waals surface area contributed by atoms with Crippen LogP contribution in [-0.2, 0) is 14.3 Å². The summed E-state index contributed by atoms with van der Waals surface area (Å²) in [6.07, 6.45) is 14.1. The molecule has 6 aliphatic rings. The van der Waals surface area contributed by atoms with Crippen molar-refractivity contribution in [3.63, 3.8) is 0 Å². The third-order valence-corrected chi connectivity index (χ3v) is 11.3. The van der Waals surface area contributed by atoms with Crippen molar-refractivity contribution in [2.75, 3.05) is 6.61 Å². The first kappa shape index (κ1) is 20.0. The number of carbonyl (C=O) groups is 1. The van der Waals surface area contributed by atoms with Gasteiger partial charge in [-0.15, -0.1) is 0 Å². The van der Waals surface area contributed by atoms with E-state index < -0.39 is 0 Å². The molecule has 0 unspecified atom stereocenters. The first-order valence-electron chi connectivity index (χ1n) is 12.8. The monoisotopic (exact) mass is 412 g/mol. The van der Waals surface area contributed by atoms with Crippen LogP contribution in [0.15, 0.2) is 12.2 Å². The number of ether oxygens (including phenoxy) is 2. The fourth-order valence-electron chi connectivity index (χ4n) is 9.65. The predicted octanol–water partition coefficient (Wildman–Crippen LogP) is 5.78. The molecule has 2 aliphatic heterocycles. The highest BCUT2D eigenvalue weighted by Gasteiger charge is 2.68. The maximum absolute atomic E-state index is 12.1. The van der Waals surface area contributed by atoms with Crippen LogP contribution in [0.4, 0.5) is 0 Å². The lowest BCUT2D eigenvalue weighted by atomic mass is 9.45. The van der Waals surface area contributed by atoms with E-state index in [9.17, 15) is 4.79 Å². The molecular formula is C27H40O3. The van der Waals surface area contributed by atoms with E-state index in [0.717, 1.165) is 37.2 Å². The predicted molar refractivity (Wildman–Crippen MR) is 117 cm³/mol. The minimum absolute atomic E-state index is 0.228. The smallest absolute Gasteiger partial charge is 0.171 e. The van der Waals surface area contributed by atoms with Crippen molar-refractivity contribution in [1.82, 2.24) is 0 Å². The van der Waals surface area contributed by atoms with Gasteiger partial charge in [-0.3, -0.25) is 4.79 Å². The highest BCUT2D eigenvalue weighted by atomic mass is 16.7. The van der Waals surface area contributed by atoms with Gasteiger partial charge in [0.2, 0.25) is 0 Å². The molecule has 5 fully saturated rings. The second-order valence-corrected chi connectivity index (χ2v) is 12.5. The Labute approximate surface area is 182 Å². The molecule has 0 bridgehead atoms. The molecule has 3 heteroatoms. The van der Waals surface area contributed by atoms with Crippen LogP contribution in [0.2, 0.25) is 0 Å². The summed E-state index contributed by atoms with van der Waals surface area (Å²) in [6, 6.07) is 0. The molecule has 0 aromatic heterocycles. The molecule has 30 heavy (non-hydrogen) atoms. The van der Waals surface area contributed by atoms with Gasteiger partial charge in [0.25, 0.3) is 0 Å². The van der Waals surface area contributed by atoms with Gasteiger partial charge in [-0.25, -0.2) is 0 Å². The minimum Gasteiger partial charge on any atom is -0.349 e. The molecule has 0 radical (unpaired) electrons. The number of ketones is 1. The Morgan fingerprint density at radius 1 is 1.03 bits per heavy atom. The van der Waals surface area contributed by atoms with E-state index >= 15 is 0 Å². The van der Waals surface area contributed by atoms with E-state index in [1.54, 1.807) is 0 Å². The fourth-order valence-corrected chi connectivity index (χ4v) is 9.65. The molecule has 3 saturated carbocycles. The van der Waals surface area contributed by atoms with Crippen molar-refractivity contribution in [1.29, 1.82) is 0 Å². The summed E-state index contributed by atoms with van der Waals surface area (Å²) in [7, 11) is 0. The number of carbonyl (C=O) groups excluding carboxylic acids is 1. The Hall–Kier alpha value is -0.670. The maximum Gasteiger partial charge on any atom is 0.171 e. The van der Waals surface area contributed by atoms with Gasteiger partial charge < -0.3 is 9.47 Å². The van der Waals surface area contributed by atoms with Crippen LogP contribution >= 0.6 is 0 Å². The normalized spacial score (nSPS) is 59.5. The zero-order valence-corrected chi connectivity index (χ0v) is 19.4. The summed E-state index contributed by atoms with van der Waals surface area (Å²) >= 11 is 0. The summed E-state index contributed by atoms with van der Waals surface area (Å²) in [4.78, 5) is 12.1. The van der Waals surface area contributed by atoms with E-state index in [4.69, 9.17) is 9.47 Å². The van der Waals surface area contributed by atoms with Crippen LogP contribution in [0.5, 0.6) is 0 Å². The molecule has 166 valence electrons. The third kappa shape index (κ3) is 2.48. The van der Waals surface area contributed by atoms with E-state index in [0.29, 0.717) is 41.0 Å². The summed E-state index contributed by atoms with van der Waals surface area (Å²) in [5.41, 5.74) is 0.616. The minimum atomic E-state index is -0.303. The van der Waals surface area contributed by atoms with Crippen molar-refractivity contribution >= 4 is 5.78 Å². The molecule has 4 aliphatic carbocycles. The van der Waals surface area contributed by atoms with Crippen LogP contribution < -0.4 is 0 Å². The lowest BCUT2D eigenvalue weighted by molar-refractivity contribution is -0.272. The van der Waals surface area contributed by atoms with Crippen LogP contribution in [-0.4, -0.2) is 24.3 Å². The summed E-state index contributed by atoms with van der Waals surface area (Å²) in [5, 5.41) is 0. The first-order chi connectivity index (χ1) is 14.3. The molecule has 0 N–H and O–H groups in total. The standard InChI is InChI=1S/C27H40O3/c1-16-7-12-27(29-15-16)17(2)24-23(30-27)14-22-20-6-5-18-13-19(28)8-10-25(18,3)21(20)9-11-26(22,24)4/h8,10,16-18,20-24H,5-7,9,11-15H2,1-4H3/t16-,17-,18-,20+,21-,22-,23-,24-,25-,26-,27+/m0/s1. The fraction of sp³-hybridized carbons (Fsp3) is 0.889. The van der Waals surface area contributed by atoms with Crippen LogP contribution in [0.1, 0.15) is 79.1 Å². The number of rotatable bonds is 0. The number of allylic oxidation sites excluding steroid dienone is 2. The Balaban J connectivity index is 1.28. The largest absolute Gasteiger partial charge is 0.349 e. The second kappa shape index (κ2) is 6.44. The van der Waals surface area contributed by atoms with Gasteiger partial charge in [0.1, 0.15) is 0 Å². The molecule has 11 atom stereocenters. The lowest BCUT2D eigenvalue weighted by Gasteiger charge is -2.59. The number of hydrogen-bond donors (Lipinski definition) is 0. The van der Waals surface area contributed by atoms with Gasteiger partial charge in [-0.2, -0.15) is 0 Å². The zero-order chi connectivity index (χ0) is 20.9. The molecule has 1 spiro atoms. The molecule has 0 aromatic carbocycles. The van der Waals surface area contributed by atoms with Crippen molar-refractivity contribution in [3.8, 4) is 0 Å². The van der Waals surface area contributed by atoms with Crippen LogP contribution in [0.25, 0.3) is 0 Å². The molecule has 6 rings (SSSR count). The molecule has 0 amide bonds.